The Balaban J connectivity index is 1.47. The third-order valence-electron chi connectivity index (χ3n) is 4.06. The van der Waals surface area contributed by atoms with Gasteiger partial charge >= 0.3 is 0 Å². The minimum atomic E-state index is 0.159. The number of rotatable bonds is 5. The van der Waals surface area contributed by atoms with Gasteiger partial charge in [0.15, 0.2) is 0 Å². The number of carbonyl (C=O) groups is 1. The van der Waals surface area contributed by atoms with Crippen LogP contribution in [0.5, 0.6) is 0 Å². The molecule has 1 amide bonds. The summed E-state index contributed by atoms with van der Waals surface area (Å²) >= 11 is 0. The smallest absolute Gasteiger partial charge is 0.223 e. The number of nitrogens with zero attached hydrogens (tertiary/aromatic N) is 2. The summed E-state index contributed by atoms with van der Waals surface area (Å²) in [6, 6.07) is 10.2. The third-order valence-corrected chi connectivity index (χ3v) is 4.06. The Hall–Kier alpha value is -2.36. The van der Waals surface area contributed by atoms with Gasteiger partial charge in [0, 0.05) is 24.9 Å². The summed E-state index contributed by atoms with van der Waals surface area (Å²) < 4.78 is 1.84. The highest BCUT2D eigenvalue weighted by Gasteiger charge is 2.17. The monoisotopic (exact) mass is 295 g/mol. The maximum atomic E-state index is 12.0. The number of benzene rings is 1. The van der Waals surface area contributed by atoms with Crippen molar-refractivity contribution in [3.8, 4) is 5.69 Å². The molecule has 1 aromatic heterocycles. The van der Waals surface area contributed by atoms with E-state index >= 15 is 0 Å². The predicted octanol–water partition coefficient (Wildman–Crippen LogP) is 2.89. The molecular formula is C18H21N3O. The largest absolute Gasteiger partial charge is 0.356 e. The molecule has 0 saturated carbocycles. The molecule has 0 bridgehead atoms. The summed E-state index contributed by atoms with van der Waals surface area (Å²) in [5.41, 5.74) is 2.27. The minimum Gasteiger partial charge on any atom is -0.356 e. The fraction of sp³-hybridized carbons (Fsp3) is 0.333. The van der Waals surface area contributed by atoms with Crippen molar-refractivity contribution in [2.45, 2.75) is 25.7 Å². The number of hydrogen-bond donors (Lipinski definition) is 1. The van der Waals surface area contributed by atoms with E-state index in [4.69, 9.17) is 0 Å². The molecule has 0 spiro atoms. The zero-order valence-electron chi connectivity index (χ0n) is 12.6. The van der Waals surface area contributed by atoms with Crippen LogP contribution in [-0.2, 0) is 11.2 Å². The Morgan fingerprint density at radius 1 is 1.27 bits per heavy atom. The van der Waals surface area contributed by atoms with E-state index in [0.717, 1.165) is 31.4 Å². The number of nitrogens with one attached hydrogen (secondary N) is 1. The number of carbonyl (C=O) groups excluding carboxylic acids is 1. The lowest BCUT2D eigenvalue weighted by Crippen LogP contribution is -2.32. The lowest BCUT2D eigenvalue weighted by molar-refractivity contribution is -0.125. The van der Waals surface area contributed by atoms with Crippen LogP contribution in [0.15, 0.2) is 54.9 Å². The molecule has 114 valence electrons. The van der Waals surface area contributed by atoms with Crippen LogP contribution < -0.4 is 5.32 Å². The van der Waals surface area contributed by atoms with Crippen molar-refractivity contribution in [1.29, 1.82) is 0 Å². The highest BCUT2D eigenvalue weighted by atomic mass is 16.1. The van der Waals surface area contributed by atoms with Crippen molar-refractivity contribution < 1.29 is 4.79 Å². The first-order chi connectivity index (χ1) is 10.8. The third kappa shape index (κ3) is 3.64. The van der Waals surface area contributed by atoms with E-state index in [-0.39, 0.29) is 11.8 Å². The molecule has 3 rings (SSSR count). The molecule has 0 fully saturated rings. The molecule has 1 aromatic carbocycles. The van der Waals surface area contributed by atoms with Gasteiger partial charge in [-0.1, -0.05) is 24.3 Å². The van der Waals surface area contributed by atoms with Gasteiger partial charge in [-0.2, -0.15) is 5.10 Å². The van der Waals surface area contributed by atoms with E-state index in [0.29, 0.717) is 6.54 Å². The van der Waals surface area contributed by atoms with Gasteiger partial charge in [-0.3, -0.25) is 4.79 Å². The molecule has 22 heavy (non-hydrogen) atoms. The highest BCUT2D eigenvalue weighted by Crippen LogP contribution is 2.18. The van der Waals surface area contributed by atoms with Crippen LogP contribution in [0.4, 0.5) is 0 Å². The van der Waals surface area contributed by atoms with Gasteiger partial charge in [0.25, 0.3) is 0 Å². The zero-order valence-corrected chi connectivity index (χ0v) is 12.6. The van der Waals surface area contributed by atoms with E-state index < -0.39 is 0 Å². The average Bonchev–Trinajstić information content (AvgIpc) is 3.11. The first-order valence-corrected chi connectivity index (χ1v) is 7.84. The van der Waals surface area contributed by atoms with Gasteiger partial charge in [-0.25, -0.2) is 4.68 Å². The molecular weight excluding hydrogens is 274 g/mol. The molecule has 1 heterocycles. The predicted molar refractivity (Wildman–Crippen MR) is 86.8 cm³/mol. The fourth-order valence-electron chi connectivity index (χ4n) is 2.74. The SMILES string of the molecule is O=C(NCCc1ccc(-n2cccn2)cc1)C1CC=CCC1. The molecule has 0 saturated heterocycles. The number of hydrogen-bond acceptors (Lipinski definition) is 2. The van der Waals surface area contributed by atoms with Crippen molar-refractivity contribution >= 4 is 5.91 Å². The summed E-state index contributed by atoms with van der Waals surface area (Å²) in [6.07, 6.45) is 11.7. The minimum absolute atomic E-state index is 0.159. The normalized spacial score (nSPS) is 17.4. The summed E-state index contributed by atoms with van der Waals surface area (Å²) in [5, 5.41) is 7.26. The molecule has 1 N–H and O–H groups in total. The van der Waals surface area contributed by atoms with E-state index in [9.17, 15) is 4.79 Å². The van der Waals surface area contributed by atoms with Crippen LogP contribution in [0.25, 0.3) is 5.69 Å². The molecule has 1 aliphatic rings. The molecule has 1 unspecified atom stereocenters. The second-order valence-electron chi connectivity index (χ2n) is 5.64. The van der Waals surface area contributed by atoms with E-state index in [1.807, 2.05) is 16.9 Å². The van der Waals surface area contributed by atoms with Gasteiger partial charge in [0.2, 0.25) is 5.91 Å². The Bertz CT molecular complexity index is 629. The topological polar surface area (TPSA) is 46.9 Å². The second-order valence-corrected chi connectivity index (χ2v) is 5.64. The van der Waals surface area contributed by atoms with E-state index in [1.165, 1.54) is 5.56 Å². The Morgan fingerprint density at radius 2 is 2.14 bits per heavy atom. The standard InChI is InChI=1S/C18H21N3O/c22-18(16-5-2-1-3-6-16)19-13-11-15-7-9-17(10-8-15)21-14-4-12-20-21/h1-2,4,7-10,12,14,16H,3,5-6,11,13H2,(H,19,22). The fourth-order valence-corrected chi connectivity index (χ4v) is 2.74. The molecule has 4 nitrogen and oxygen atoms in total. The molecule has 1 aliphatic carbocycles. The Kier molecular flexibility index (Phi) is 4.68. The van der Waals surface area contributed by atoms with Crippen LogP contribution in [0.2, 0.25) is 0 Å². The van der Waals surface area contributed by atoms with Crippen molar-refractivity contribution in [3.05, 3.63) is 60.4 Å². The molecule has 4 heteroatoms. The average molecular weight is 295 g/mol. The Labute approximate surface area is 130 Å². The first kappa shape index (κ1) is 14.6. The van der Waals surface area contributed by atoms with Gasteiger partial charge < -0.3 is 5.32 Å². The lowest BCUT2D eigenvalue weighted by atomic mass is 9.93. The van der Waals surface area contributed by atoms with Crippen LogP contribution in [-0.4, -0.2) is 22.2 Å². The quantitative estimate of drug-likeness (QED) is 0.862. The van der Waals surface area contributed by atoms with E-state index in [2.05, 4.69) is 46.8 Å². The summed E-state index contributed by atoms with van der Waals surface area (Å²) in [6.45, 7) is 0.695. The van der Waals surface area contributed by atoms with Crippen molar-refractivity contribution in [1.82, 2.24) is 15.1 Å². The number of aromatic nitrogens is 2. The molecule has 1 atom stereocenters. The lowest BCUT2D eigenvalue weighted by Gasteiger charge is -2.17. The van der Waals surface area contributed by atoms with Crippen molar-refractivity contribution in [3.63, 3.8) is 0 Å². The molecule has 2 aromatic rings. The highest BCUT2D eigenvalue weighted by molar-refractivity contribution is 5.78. The molecule has 0 aliphatic heterocycles. The van der Waals surface area contributed by atoms with Gasteiger partial charge in [0.05, 0.1) is 5.69 Å². The maximum Gasteiger partial charge on any atom is 0.223 e. The van der Waals surface area contributed by atoms with Crippen LogP contribution in [0, 0.1) is 5.92 Å². The second kappa shape index (κ2) is 7.07. The van der Waals surface area contributed by atoms with Crippen molar-refractivity contribution in [2.75, 3.05) is 6.54 Å². The molecule has 0 radical (unpaired) electrons. The van der Waals surface area contributed by atoms with Crippen LogP contribution in [0.3, 0.4) is 0 Å². The van der Waals surface area contributed by atoms with Crippen LogP contribution >= 0.6 is 0 Å². The van der Waals surface area contributed by atoms with Crippen LogP contribution in [0.1, 0.15) is 24.8 Å². The number of allylic oxidation sites excluding steroid dienone is 2. The summed E-state index contributed by atoms with van der Waals surface area (Å²) in [7, 11) is 0. The van der Waals surface area contributed by atoms with E-state index in [1.54, 1.807) is 6.20 Å². The van der Waals surface area contributed by atoms with Gasteiger partial charge in [-0.15, -0.1) is 0 Å². The van der Waals surface area contributed by atoms with Gasteiger partial charge in [0.1, 0.15) is 0 Å². The zero-order chi connectivity index (χ0) is 15.2. The first-order valence-electron chi connectivity index (χ1n) is 7.84. The maximum absolute atomic E-state index is 12.0. The van der Waals surface area contributed by atoms with Crippen molar-refractivity contribution in [2.24, 2.45) is 5.92 Å². The Morgan fingerprint density at radius 3 is 2.82 bits per heavy atom. The number of amides is 1. The summed E-state index contributed by atoms with van der Waals surface area (Å²) in [4.78, 5) is 12.0. The van der Waals surface area contributed by atoms with Gasteiger partial charge in [-0.05, 0) is 49.4 Å². The summed E-state index contributed by atoms with van der Waals surface area (Å²) in [5.74, 6) is 0.352.